The van der Waals surface area contributed by atoms with Gasteiger partial charge in [0.25, 0.3) is 0 Å². The Morgan fingerprint density at radius 1 is 1.15 bits per heavy atom. The lowest BCUT2D eigenvalue weighted by atomic mass is 9.99. The minimum absolute atomic E-state index is 0.0427. The van der Waals surface area contributed by atoms with Crippen molar-refractivity contribution in [3.63, 3.8) is 0 Å². The Hall–Kier alpha value is -2.87. The number of hydrogen-bond donors (Lipinski definition) is 3. The first-order valence-electron chi connectivity index (χ1n) is 8.00. The zero-order chi connectivity index (χ0) is 18.7. The van der Waals surface area contributed by atoms with E-state index in [1.807, 2.05) is 42.5 Å². The van der Waals surface area contributed by atoms with Crippen molar-refractivity contribution in [2.45, 2.75) is 30.4 Å². The van der Waals surface area contributed by atoms with Crippen molar-refractivity contribution in [3.05, 3.63) is 42.5 Å². The second kappa shape index (κ2) is 7.17. The Labute approximate surface area is 155 Å². The molecular formula is C18H19N5O2S. The summed E-state index contributed by atoms with van der Waals surface area (Å²) in [6.07, 6.45) is -1.09. The van der Waals surface area contributed by atoms with Gasteiger partial charge in [0.1, 0.15) is 0 Å². The Morgan fingerprint density at radius 2 is 1.88 bits per heavy atom. The molecule has 2 aromatic carbocycles. The highest BCUT2D eigenvalue weighted by Gasteiger charge is 2.18. The van der Waals surface area contributed by atoms with Crippen LogP contribution >= 0.6 is 11.8 Å². The third-order valence-corrected chi connectivity index (χ3v) is 4.65. The number of nitrogens with one attached hydrogen (secondary N) is 2. The number of thioether (sulfide) groups is 1. The minimum atomic E-state index is -1.09. The molecule has 0 aliphatic rings. The van der Waals surface area contributed by atoms with Crippen LogP contribution in [0.15, 0.2) is 47.4 Å². The summed E-state index contributed by atoms with van der Waals surface area (Å²) >= 11 is 1.61. The van der Waals surface area contributed by atoms with Gasteiger partial charge in [0.05, 0.1) is 5.69 Å². The molecule has 0 saturated heterocycles. The van der Waals surface area contributed by atoms with E-state index in [0.717, 1.165) is 21.6 Å². The number of benzene rings is 2. The number of hydrogen-bond acceptors (Lipinski definition) is 5. The summed E-state index contributed by atoms with van der Waals surface area (Å²) in [6, 6.07) is 13.4. The second-order valence-electron chi connectivity index (χ2n) is 6.64. The standard InChI is InChI=1S/C18H19N5O2S/c1-18(2,3)26-15-9-8-11(10-14(15)19-17(24)25)12-6-4-5-7-13(12)16-20-22-23-21-16/h4-10,19H,1-3H3,(H,24,25)(H,20,21,22,23). The van der Waals surface area contributed by atoms with Gasteiger partial charge in [0.15, 0.2) is 0 Å². The molecule has 0 spiro atoms. The van der Waals surface area contributed by atoms with E-state index in [-0.39, 0.29) is 4.75 Å². The topological polar surface area (TPSA) is 104 Å². The zero-order valence-electron chi connectivity index (χ0n) is 14.6. The van der Waals surface area contributed by atoms with Crippen molar-refractivity contribution in [2.75, 3.05) is 5.32 Å². The maximum absolute atomic E-state index is 11.2. The average molecular weight is 369 g/mol. The summed E-state index contributed by atoms with van der Waals surface area (Å²) in [5.74, 6) is 0.487. The molecule has 0 unspecified atom stereocenters. The van der Waals surface area contributed by atoms with Gasteiger partial charge in [-0.05, 0) is 28.5 Å². The van der Waals surface area contributed by atoms with Gasteiger partial charge in [-0.25, -0.2) is 4.79 Å². The molecule has 7 nitrogen and oxygen atoms in total. The number of rotatable bonds is 4. The molecule has 0 bridgehead atoms. The number of H-pyrrole nitrogens is 1. The van der Waals surface area contributed by atoms with Crippen LogP contribution in [0.25, 0.3) is 22.5 Å². The first-order chi connectivity index (χ1) is 12.3. The van der Waals surface area contributed by atoms with Crippen LogP contribution in [0.3, 0.4) is 0 Å². The van der Waals surface area contributed by atoms with Gasteiger partial charge < -0.3 is 5.11 Å². The van der Waals surface area contributed by atoms with Gasteiger partial charge in [-0.1, -0.05) is 51.1 Å². The van der Waals surface area contributed by atoms with Crippen molar-refractivity contribution in [3.8, 4) is 22.5 Å². The number of carbonyl (C=O) groups is 1. The highest BCUT2D eigenvalue weighted by molar-refractivity contribution is 8.00. The van der Waals surface area contributed by atoms with E-state index >= 15 is 0 Å². The van der Waals surface area contributed by atoms with Crippen LogP contribution in [-0.2, 0) is 0 Å². The SMILES string of the molecule is CC(C)(C)Sc1ccc(-c2ccccc2-c2nn[nH]n2)cc1NC(=O)O. The predicted octanol–water partition coefficient (Wildman–Crippen LogP) is 4.51. The molecule has 8 heteroatoms. The van der Waals surface area contributed by atoms with E-state index in [2.05, 4.69) is 46.7 Å². The van der Waals surface area contributed by atoms with Crippen molar-refractivity contribution < 1.29 is 9.90 Å². The van der Waals surface area contributed by atoms with Crippen LogP contribution in [0, 0.1) is 0 Å². The number of aromatic nitrogens is 4. The van der Waals surface area contributed by atoms with E-state index in [1.54, 1.807) is 11.8 Å². The Balaban J connectivity index is 2.08. The highest BCUT2D eigenvalue weighted by Crippen LogP contribution is 2.40. The summed E-state index contributed by atoms with van der Waals surface area (Å²) in [4.78, 5) is 12.1. The maximum atomic E-state index is 11.2. The molecule has 0 aliphatic carbocycles. The number of tetrazole rings is 1. The zero-order valence-corrected chi connectivity index (χ0v) is 15.5. The van der Waals surface area contributed by atoms with Gasteiger partial charge in [0.2, 0.25) is 5.82 Å². The fourth-order valence-electron chi connectivity index (χ4n) is 2.54. The van der Waals surface area contributed by atoms with Gasteiger partial charge >= 0.3 is 6.09 Å². The molecule has 1 heterocycles. The number of anilines is 1. The van der Waals surface area contributed by atoms with Crippen LogP contribution in [0.4, 0.5) is 10.5 Å². The first-order valence-corrected chi connectivity index (χ1v) is 8.81. The summed E-state index contributed by atoms with van der Waals surface area (Å²) in [5.41, 5.74) is 3.14. The van der Waals surface area contributed by atoms with Crippen LogP contribution in [0.2, 0.25) is 0 Å². The summed E-state index contributed by atoms with van der Waals surface area (Å²) in [5, 5.41) is 25.9. The molecule has 3 rings (SSSR count). The van der Waals surface area contributed by atoms with E-state index in [0.29, 0.717) is 11.5 Å². The molecule has 0 aliphatic heterocycles. The Bertz CT molecular complexity index is 920. The monoisotopic (exact) mass is 369 g/mol. The largest absolute Gasteiger partial charge is 0.465 e. The summed E-state index contributed by atoms with van der Waals surface area (Å²) < 4.78 is -0.0427. The number of carboxylic acid groups (broad SMARTS) is 1. The molecule has 1 aromatic heterocycles. The molecule has 0 saturated carbocycles. The van der Waals surface area contributed by atoms with Crippen molar-refractivity contribution in [1.82, 2.24) is 20.6 Å². The van der Waals surface area contributed by atoms with Crippen LogP contribution in [-0.4, -0.2) is 36.6 Å². The Morgan fingerprint density at radius 3 is 2.50 bits per heavy atom. The van der Waals surface area contributed by atoms with Gasteiger partial charge in [-0.15, -0.1) is 22.0 Å². The third-order valence-electron chi connectivity index (χ3n) is 3.46. The smallest absolute Gasteiger partial charge is 0.409 e. The summed E-state index contributed by atoms with van der Waals surface area (Å²) in [6.45, 7) is 6.25. The molecule has 134 valence electrons. The molecule has 0 radical (unpaired) electrons. The van der Waals surface area contributed by atoms with Crippen LogP contribution in [0.5, 0.6) is 0 Å². The summed E-state index contributed by atoms with van der Waals surface area (Å²) in [7, 11) is 0. The van der Waals surface area contributed by atoms with Gasteiger partial charge in [-0.3, -0.25) is 5.32 Å². The first kappa shape index (κ1) is 17.9. The van der Waals surface area contributed by atoms with E-state index in [1.165, 1.54) is 0 Å². The Kier molecular flexibility index (Phi) is 4.94. The van der Waals surface area contributed by atoms with E-state index in [4.69, 9.17) is 0 Å². The average Bonchev–Trinajstić information content (AvgIpc) is 3.09. The van der Waals surface area contributed by atoms with Crippen molar-refractivity contribution in [2.24, 2.45) is 0 Å². The predicted molar refractivity (Wildman–Crippen MR) is 102 cm³/mol. The number of aromatic amines is 1. The van der Waals surface area contributed by atoms with Crippen LogP contribution < -0.4 is 5.32 Å². The number of amides is 1. The number of nitrogens with zero attached hydrogens (tertiary/aromatic N) is 3. The highest BCUT2D eigenvalue weighted by atomic mass is 32.2. The lowest BCUT2D eigenvalue weighted by Gasteiger charge is -2.20. The third kappa shape index (κ3) is 4.20. The molecular weight excluding hydrogens is 350 g/mol. The quantitative estimate of drug-likeness (QED) is 0.584. The van der Waals surface area contributed by atoms with Crippen LogP contribution in [0.1, 0.15) is 20.8 Å². The molecule has 0 fully saturated rings. The second-order valence-corrected chi connectivity index (χ2v) is 8.51. The molecule has 26 heavy (non-hydrogen) atoms. The van der Waals surface area contributed by atoms with Gasteiger partial charge in [0, 0.05) is 15.2 Å². The molecule has 3 N–H and O–H groups in total. The fraction of sp³-hybridized carbons (Fsp3) is 0.222. The minimum Gasteiger partial charge on any atom is -0.465 e. The van der Waals surface area contributed by atoms with Gasteiger partial charge in [-0.2, -0.15) is 5.21 Å². The normalized spacial score (nSPS) is 11.3. The lowest BCUT2D eigenvalue weighted by molar-refractivity contribution is 0.209. The van der Waals surface area contributed by atoms with Crippen molar-refractivity contribution >= 4 is 23.5 Å². The molecule has 1 amide bonds. The lowest BCUT2D eigenvalue weighted by Crippen LogP contribution is -2.11. The molecule has 3 aromatic rings. The van der Waals surface area contributed by atoms with E-state index < -0.39 is 6.09 Å². The maximum Gasteiger partial charge on any atom is 0.409 e. The van der Waals surface area contributed by atoms with Crippen molar-refractivity contribution in [1.29, 1.82) is 0 Å². The molecule has 0 atom stereocenters. The fourth-order valence-corrected chi connectivity index (χ4v) is 3.55. The van der Waals surface area contributed by atoms with E-state index in [9.17, 15) is 9.90 Å².